The summed E-state index contributed by atoms with van der Waals surface area (Å²) in [4.78, 5) is 31.2. The highest BCUT2D eigenvalue weighted by atomic mass is 32.1. The van der Waals surface area contributed by atoms with Crippen LogP contribution in [0.2, 0.25) is 0 Å². The number of carbonyl (C=O) groups excluding carboxylic acids is 1. The third kappa shape index (κ3) is 4.56. The first-order chi connectivity index (χ1) is 16.3. The van der Waals surface area contributed by atoms with Crippen LogP contribution in [-0.2, 0) is 16.1 Å². The Morgan fingerprint density at radius 3 is 2.59 bits per heavy atom. The van der Waals surface area contributed by atoms with Crippen LogP contribution < -0.4 is 19.6 Å². The summed E-state index contributed by atoms with van der Waals surface area (Å²) in [6.45, 7) is 3.20. The van der Waals surface area contributed by atoms with Crippen LogP contribution in [0.1, 0.15) is 38.1 Å². The summed E-state index contributed by atoms with van der Waals surface area (Å²) in [6, 6.07) is 6.78. The summed E-state index contributed by atoms with van der Waals surface area (Å²) < 4.78 is 38.4. The second-order valence-electron chi connectivity index (χ2n) is 7.35. The second kappa shape index (κ2) is 9.72. The van der Waals surface area contributed by atoms with Gasteiger partial charge in [-0.05, 0) is 50.6 Å². The lowest BCUT2D eigenvalue weighted by Gasteiger charge is -2.24. The summed E-state index contributed by atoms with van der Waals surface area (Å²) >= 11 is 1.18. The monoisotopic (exact) mass is 488 g/mol. The van der Waals surface area contributed by atoms with Gasteiger partial charge in [0.25, 0.3) is 5.56 Å². The summed E-state index contributed by atoms with van der Waals surface area (Å²) in [7, 11) is 0. The number of thiazole rings is 1. The van der Waals surface area contributed by atoms with E-state index < -0.39 is 18.6 Å². The topological polar surface area (TPSA) is 87.7 Å². The molecule has 1 aliphatic heterocycles. The zero-order valence-electron chi connectivity index (χ0n) is 18.7. The third-order valence-corrected chi connectivity index (χ3v) is 6.19. The van der Waals surface area contributed by atoms with Crippen LogP contribution in [0.3, 0.4) is 0 Å². The molecule has 0 spiro atoms. The molecule has 0 amide bonds. The van der Waals surface area contributed by atoms with Gasteiger partial charge in [-0.15, -0.1) is 0 Å². The molecule has 34 heavy (non-hydrogen) atoms. The molecule has 8 nitrogen and oxygen atoms in total. The minimum absolute atomic E-state index is 0.0314. The van der Waals surface area contributed by atoms with Gasteiger partial charge in [0.05, 0.1) is 34.1 Å². The van der Waals surface area contributed by atoms with Gasteiger partial charge in [0.1, 0.15) is 5.75 Å². The van der Waals surface area contributed by atoms with Crippen LogP contribution in [0.15, 0.2) is 57.6 Å². The number of hydrogen-bond donors (Lipinski definition) is 0. The number of allylic oxidation sites excluding steroid dienone is 1. The van der Waals surface area contributed by atoms with Crippen molar-refractivity contribution >= 4 is 23.4 Å². The minimum atomic E-state index is -2.96. The Hall–Kier alpha value is -3.60. The lowest BCUT2D eigenvalue weighted by atomic mass is 9.96. The zero-order chi connectivity index (χ0) is 24.4. The molecule has 11 heteroatoms. The van der Waals surface area contributed by atoms with E-state index in [0.717, 1.165) is 0 Å². The van der Waals surface area contributed by atoms with E-state index in [-0.39, 0.29) is 23.5 Å². The average Bonchev–Trinajstić information content (AvgIpc) is 3.37. The van der Waals surface area contributed by atoms with Gasteiger partial charge in [-0.1, -0.05) is 23.5 Å². The quantitative estimate of drug-likeness (QED) is 0.477. The normalized spacial score (nSPS) is 15.9. The van der Waals surface area contributed by atoms with Gasteiger partial charge in [0, 0.05) is 12.7 Å². The van der Waals surface area contributed by atoms with Gasteiger partial charge in [-0.3, -0.25) is 14.0 Å². The third-order valence-electron chi connectivity index (χ3n) is 5.20. The van der Waals surface area contributed by atoms with E-state index in [1.165, 1.54) is 28.0 Å². The highest BCUT2D eigenvalue weighted by Gasteiger charge is 2.33. The minimum Gasteiger partial charge on any atom is -0.463 e. The first-order valence-electron chi connectivity index (χ1n) is 10.6. The summed E-state index contributed by atoms with van der Waals surface area (Å²) in [6.07, 6.45) is 3.49. The van der Waals surface area contributed by atoms with Crippen LogP contribution >= 0.6 is 11.3 Å². The van der Waals surface area contributed by atoms with Gasteiger partial charge in [-0.25, -0.2) is 9.79 Å². The van der Waals surface area contributed by atoms with Crippen molar-refractivity contribution in [1.29, 1.82) is 0 Å². The van der Waals surface area contributed by atoms with Gasteiger partial charge >= 0.3 is 12.6 Å². The van der Waals surface area contributed by atoms with Crippen LogP contribution in [0.5, 0.6) is 5.75 Å². The average molecular weight is 489 g/mol. The highest BCUT2D eigenvalue weighted by molar-refractivity contribution is 7.07. The van der Waals surface area contributed by atoms with Crippen LogP contribution in [0.4, 0.5) is 8.78 Å². The number of halogens is 2. The lowest BCUT2D eigenvalue weighted by molar-refractivity contribution is -0.139. The van der Waals surface area contributed by atoms with Crippen molar-refractivity contribution in [3.05, 3.63) is 78.7 Å². The Morgan fingerprint density at radius 1 is 1.24 bits per heavy atom. The van der Waals surface area contributed by atoms with Crippen LogP contribution in [0, 0.1) is 0 Å². The Bertz CT molecular complexity index is 1420. The van der Waals surface area contributed by atoms with E-state index in [4.69, 9.17) is 4.74 Å². The molecule has 0 saturated heterocycles. The molecule has 1 aromatic carbocycles. The zero-order valence-corrected chi connectivity index (χ0v) is 19.5. The van der Waals surface area contributed by atoms with Crippen LogP contribution in [-0.4, -0.2) is 33.5 Å². The van der Waals surface area contributed by atoms with Crippen molar-refractivity contribution in [3.63, 3.8) is 0 Å². The number of carbonyl (C=O) groups is 1. The number of aromatic nitrogens is 3. The predicted octanol–water partition coefficient (Wildman–Crippen LogP) is 2.62. The molecule has 0 aliphatic carbocycles. The lowest BCUT2D eigenvalue weighted by Crippen LogP contribution is -2.39. The molecule has 1 unspecified atom stereocenters. The van der Waals surface area contributed by atoms with E-state index in [0.29, 0.717) is 32.8 Å². The number of aryl methyl sites for hydroxylation is 1. The van der Waals surface area contributed by atoms with Gasteiger partial charge in [-0.2, -0.15) is 13.9 Å². The summed E-state index contributed by atoms with van der Waals surface area (Å²) in [5.41, 5.74) is 1.43. The number of fused-ring (bicyclic) bond motifs is 1. The molecule has 1 aliphatic rings. The van der Waals surface area contributed by atoms with Gasteiger partial charge in [0.2, 0.25) is 0 Å². The molecule has 0 radical (unpaired) electrons. The van der Waals surface area contributed by atoms with Crippen LogP contribution in [0.25, 0.3) is 6.08 Å². The molecule has 0 fully saturated rings. The molecule has 178 valence electrons. The van der Waals surface area contributed by atoms with Crippen molar-refractivity contribution < 1.29 is 23.0 Å². The van der Waals surface area contributed by atoms with Crippen molar-refractivity contribution in [2.75, 3.05) is 6.61 Å². The Labute approximate surface area is 197 Å². The maximum Gasteiger partial charge on any atom is 0.387 e. The highest BCUT2D eigenvalue weighted by Crippen LogP contribution is 2.31. The molecule has 0 N–H and O–H groups in total. The second-order valence-corrected chi connectivity index (χ2v) is 8.36. The Balaban J connectivity index is 1.88. The fraction of sp³-hybridized carbons (Fsp3) is 0.304. The largest absolute Gasteiger partial charge is 0.463 e. The van der Waals surface area contributed by atoms with Gasteiger partial charge in [0.15, 0.2) is 4.80 Å². The summed E-state index contributed by atoms with van der Waals surface area (Å²) in [5.74, 6) is -0.631. The molecule has 0 saturated carbocycles. The van der Waals surface area contributed by atoms with Crippen molar-refractivity contribution in [2.24, 2.45) is 4.99 Å². The molecule has 2 aromatic heterocycles. The van der Waals surface area contributed by atoms with E-state index in [1.54, 1.807) is 42.8 Å². The molecule has 0 bridgehead atoms. The maximum atomic E-state index is 13.5. The van der Waals surface area contributed by atoms with E-state index in [9.17, 15) is 18.4 Å². The molecular weight excluding hydrogens is 466 g/mol. The standard InChI is InChI=1S/C23H22F2N4O4S/c1-4-28-11-10-15(27-28)12-17-20(30)29-19(14-6-8-16(9-7-14)33-22(24)25)18(21(31)32-5-2)13(3)26-23(29)34-17/h6-12,19,22H,4-5H2,1-3H3/b17-12+. The molecule has 3 heterocycles. The fourth-order valence-corrected chi connectivity index (χ4v) is 4.73. The number of hydrogen-bond acceptors (Lipinski definition) is 7. The summed E-state index contributed by atoms with van der Waals surface area (Å²) in [5, 5.41) is 4.39. The number of nitrogens with zero attached hydrogens (tertiary/aromatic N) is 4. The number of alkyl halides is 2. The number of esters is 1. The van der Waals surface area contributed by atoms with E-state index >= 15 is 0 Å². The van der Waals surface area contributed by atoms with E-state index in [2.05, 4.69) is 14.8 Å². The predicted molar refractivity (Wildman–Crippen MR) is 121 cm³/mol. The Kier molecular flexibility index (Phi) is 6.73. The van der Waals surface area contributed by atoms with E-state index in [1.807, 2.05) is 13.1 Å². The molecule has 3 aromatic rings. The maximum absolute atomic E-state index is 13.5. The van der Waals surface area contributed by atoms with Crippen molar-refractivity contribution in [3.8, 4) is 5.75 Å². The number of ether oxygens (including phenoxy) is 2. The number of benzene rings is 1. The van der Waals surface area contributed by atoms with Crippen molar-refractivity contribution in [1.82, 2.24) is 14.3 Å². The number of rotatable bonds is 7. The molecular formula is C23H22F2N4O4S. The molecule has 4 rings (SSSR count). The molecule has 1 atom stereocenters. The smallest absolute Gasteiger partial charge is 0.387 e. The Morgan fingerprint density at radius 2 is 1.97 bits per heavy atom. The first kappa shape index (κ1) is 23.6. The van der Waals surface area contributed by atoms with Gasteiger partial charge < -0.3 is 9.47 Å². The first-order valence-corrected chi connectivity index (χ1v) is 11.4. The SMILES string of the molecule is CCOC(=O)C1=C(C)N=c2s/c(=C/c3ccn(CC)n3)c(=O)n2C1c1ccc(OC(F)F)cc1. The fourth-order valence-electron chi connectivity index (χ4n) is 3.70. The van der Waals surface area contributed by atoms with Crippen molar-refractivity contribution in [2.45, 2.75) is 40.0 Å².